The Hall–Kier alpha value is -1.95. The van der Waals surface area contributed by atoms with Crippen molar-refractivity contribution < 1.29 is 9.84 Å². The molecule has 1 aliphatic heterocycles. The largest absolute Gasteiger partial charge is 0.491 e. The van der Waals surface area contributed by atoms with Gasteiger partial charge in [-0.2, -0.15) is 0 Å². The minimum atomic E-state index is -0.469. The lowest BCUT2D eigenvalue weighted by Gasteiger charge is -2.32. The summed E-state index contributed by atoms with van der Waals surface area (Å²) in [7, 11) is 0. The summed E-state index contributed by atoms with van der Waals surface area (Å²) in [6.45, 7) is 5.03. The number of hydrogen-bond donors (Lipinski definition) is 1. The summed E-state index contributed by atoms with van der Waals surface area (Å²) >= 11 is 1.83. The maximum absolute atomic E-state index is 10.4. The summed E-state index contributed by atoms with van der Waals surface area (Å²) in [5.74, 6) is 1.39. The number of thiazole rings is 1. The highest BCUT2D eigenvalue weighted by Gasteiger charge is 2.24. The number of ether oxygens (including phenoxy) is 1. The molecule has 1 N–H and O–H groups in total. The molecule has 4 rings (SSSR count). The molecule has 27 heavy (non-hydrogen) atoms. The van der Waals surface area contributed by atoms with Crippen molar-refractivity contribution in [3.05, 3.63) is 59.1 Å². The number of aliphatic hydroxyl groups is 1. The van der Waals surface area contributed by atoms with E-state index in [1.165, 1.54) is 9.71 Å². The molecular formula is C22H26N2O2S. The van der Waals surface area contributed by atoms with E-state index in [1.54, 1.807) is 0 Å². The Morgan fingerprint density at radius 2 is 1.89 bits per heavy atom. The second kappa shape index (κ2) is 8.38. The van der Waals surface area contributed by atoms with Crippen LogP contribution in [0.3, 0.4) is 0 Å². The first kappa shape index (κ1) is 18.4. The van der Waals surface area contributed by atoms with Crippen LogP contribution in [0.5, 0.6) is 5.75 Å². The number of β-amino-alcohol motifs (C(OH)–C–C–N with tert-alkyl or cyclic N) is 1. The molecule has 2 aromatic carbocycles. The summed E-state index contributed by atoms with van der Waals surface area (Å²) in [6, 6.07) is 16.3. The third-order valence-electron chi connectivity index (χ3n) is 5.24. The molecule has 0 bridgehead atoms. The number of likely N-dealkylation sites (tertiary alicyclic amines) is 1. The molecule has 5 heteroatoms. The Morgan fingerprint density at radius 3 is 2.67 bits per heavy atom. The highest BCUT2D eigenvalue weighted by atomic mass is 32.1. The number of hydrogen-bond acceptors (Lipinski definition) is 5. The fraction of sp³-hybridized carbons (Fsp3) is 0.409. The van der Waals surface area contributed by atoms with Crippen LogP contribution in [0.1, 0.15) is 29.3 Å². The number of rotatable bonds is 6. The molecule has 3 aromatic rings. The third-order valence-corrected chi connectivity index (χ3v) is 6.44. The second-order valence-electron chi connectivity index (χ2n) is 7.33. The average Bonchev–Trinajstić information content (AvgIpc) is 3.12. The Morgan fingerprint density at radius 1 is 1.15 bits per heavy atom. The van der Waals surface area contributed by atoms with Crippen LogP contribution in [0.4, 0.5) is 0 Å². The molecule has 1 saturated heterocycles. The topological polar surface area (TPSA) is 45.6 Å². The van der Waals surface area contributed by atoms with Crippen LogP contribution in [-0.4, -0.2) is 47.3 Å². The molecule has 1 aromatic heterocycles. The average molecular weight is 383 g/mol. The molecule has 1 aliphatic rings. The van der Waals surface area contributed by atoms with Crippen molar-refractivity contribution in [3.63, 3.8) is 0 Å². The zero-order valence-electron chi connectivity index (χ0n) is 15.7. The van der Waals surface area contributed by atoms with E-state index in [0.717, 1.165) is 42.8 Å². The molecule has 4 nitrogen and oxygen atoms in total. The van der Waals surface area contributed by atoms with Crippen molar-refractivity contribution in [2.75, 3.05) is 26.2 Å². The van der Waals surface area contributed by atoms with Crippen LogP contribution < -0.4 is 4.74 Å². The van der Waals surface area contributed by atoms with Crippen molar-refractivity contribution in [1.29, 1.82) is 0 Å². The van der Waals surface area contributed by atoms with Gasteiger partial charge in [0.15, 0.2) is 0 Å². The van der Waals surface area contributed by atoms with Gasteiger partial charge in [-0.05, 0) is 56.6 Å². The lowest BCUT2D eigenvalue weighted by molar-refractivity contribution is 0.0592. The maximum atomic E-state index is 10.4. The molecule has 0 saturated carbocycles. The Balaban J connectivity index is 1.26. The van der Waals surface area contributed by atoms with Crippen LogP contribution in [0.2, 0.25) is 0 Å². The van der Waals surface area contributed by atoms with Crippen molar-refractivity contribution >= 4 is 21.6 Å². The summed E-state index contributed by atoms with van der Waals surface area (Å²) in [5.41, 5.74) is 2.21. The summed E-state index contributed by atoms with van der Waals surface area (Å²) in [6.07, 6.45) is 1.74. The van der Waals surface area contributed by atoms with Gasteiger partial charge in [-0.3, -0.25) is 0 Å². The summed E-state index contributed by atoms with van der Waals surface area (Å²) in [4.78, 5) is 7.17. The van der Waals surface area contributed by atoms with Gasteiger partial charge in [-0.25, -0.2) is 4.98 Å². The molecule has 2 heterocycles. The lowest BCUT2D eigenvalue weighted by Crippen LogP contribution is -2.40. The van der Waals surface area contributed by atoms with Gasteiger partial charge in [0.2, 0.25) is 0 Å². The van der Waals surface area contributed by atoms with Gasteiger partial charge >= 0.3 is 0 Å². The van der Waals surface area contributed by atoms with Gasteiger partial charge < -0.3 is 14.7 Å². The first-order chi connectivity index (χ1) is 13.2. The van der Waals surface area contributed by atoms with E-state index in [4.69, 9.17) is 9.72 Å². The monoisotopic (exact) mass is 382 g/mol. The van der Waals surface area contributed by atoms with Gasteiger partial charge in [0.25, 0.3) is 0 Å². The molecule has 1 fully saturated rings. The van der Waals surface area contributed by atoms with E-state index >= 15 is 0 Å². The normalized spacial score (nSPS) is 17.3. The number of aliphatic hydroxyl groups excluding tert-OH is 1. The summed E-state index contributed by atoms with van der Waals surface area (Å²) < 4.78 is 7.06. The van der Waals surface area contributed by atoms with Gasteiger partial charge in [-0.15, -0.1) is 11.3 Å². The third kappa shape index (κ3) is 4.49. The SMILES string of the molecule is Cc1ccccc1OCC(O)CN1CCC(c2nc3ccccc3s2)CC1. The van der Waals surface area contributed by atoms with Crippen molar-refractivity contribution in [1.82, 2.24) is 9.88 Å². The standard InChI is InChI=1S/C22H26N2O2S/c1-16-6-2-4-8-20(16)26-15-18(25)14-24-12-10-17(11-13-24)22-23-19-7-3-5-9-21(19)27-22/h2-9,17-18,25H,10-15H2,1H3. The predicted octanol–water partition coefficient (Wildman–Crippen LogP) is 4.22. The zero-order valence-corrected chi connectivity index (χ0v) is 16.5. The number of para-hydroxylation sites is 2. The van der Waals surface area contributed by atoms with Gasteiger partial charge in [0.1, 0.15) is 18.5 Å². The number of aromatic nitrogens is 1. The van der Waals surface area contributed by atoms with E-state index in [1.807, 2.05) is 42.5 Å². The lowest BCUT2D eigenvalue weighted by atomic mass is 9.97. The van der Waals surface area contributed by atoms with Crippen molar-refractivity contribution in [2.45, 2.75) is 31.8 Å². The molecular weight excluding hydrogens is 356 g/mol. The molecule has 1 atom stereocenters. The van der Waals surface area contributed by atoms with Gasteiger partial charge in [0, 0.05) is 12.5 Å². The molecule has 0 aliphatic carbocycles. The Kier molecular flexibility index (Phi) is 5.72. The molecule has 0 amide bonds. The minimum Gasteiger partial charge on any atom is -0.491 e. The van der Waals surface area contributed by atoms with E-state index < -0.39 is 6.10 Å². The predicted molar refractivity (Wildman–Crippen MR) is 111 cm³/mol. The van der Waals surface area contributed by atoms with E-state index in [-0.39, 0.29) is 0 Å². The van der Waals surface area contributed by atoms with Gasteiger partial charge in [-0.1, -0.05) is 30.3 Å². The minimum absolute atomic E-state index is 0.336. The van der Waals surface area contributed by atoms with Crippen molar-refractivity contribution in [2.24, 2.45) is 0 Å². The Labute approximate surface area is 164 Å². The highest BCUT2D eigenvalue weighted by molar-refractivity contribution is 7.18. The molecule has 142 valence electrons. The van der Waals surface area contributed by atoms with Gasteiger partial charge in [0.05, 0.1) is 15.2 Å². The maximum Gasteiger partial charge on any atom is 0.122 e. The quantitative estimate of drug-likeness (QED) is 0.693. The molecule has 0 radical (unpaired) electrons. The number of fused-ring (bicyclic) bond motifs is 1. The van der Waals surface area contributed by atoms with Crippen LogP contribution in [0.15, 0.2) is 48.5 Å². The zero-order chi connectivity index (χ0) is 18.6. The fourth-order valence-corrected chi connectivity index (χ4v) is 4.82. The van der Waals surface area contributed by atoms with E-state index in [2.05, 4.69) is 29.2 Å². The van der Waals surface area contributed by atoms with E-state index in [9.17, 15) is 5.11 Å². The van der Waals surface area contributed by atoms with E-state index in [0.29, 0.717) is 19.1 Å². The van der Waals surface area contributed by atoms with Crippen LogP contribution >= 0.6 is 11.3 Å². The smallest absolute Gasteiger partial charge is 0.122 e. The highest BCUT2D eigenvalue weighted by Crippen LogP contribution is 2.33. The number of aryl methyl sites for hydroxylation is 1. The fourth-order valence-electron chi connectivity index (χ4n) is 3.68. The summed E-state index contributed by atoms with van der Waals surface area (Å²) in [5, 5.41) is 11.6. The number of nitrogens with zero attached hydrogens (tertiary/aromatic N) is 2. The first-order valence-electron chi connectivity index (χ1n) is 9.63. The second-order valence-corrected chi connectivity index (χ2v) is 8.39. The number of benzene rings is 2. The first-order valence-corrected chi connectivity index (χ1v) is 10.4. The van der Waals surface area contributed by atoms with Crippen LogP contribution in [0.25, 0.3) is 10.2 Å². The van der Waals surface area contributed by atoms with Crippen LogP contribution in [-0.2, 0) is 0 Å². The molecule has 1 unspecified atom stereocenters. The van der Waals surface area contributed by atoms with Crippen LogP contribution in [0, 0.1) is 6.92 Å². The van der Waals surface area contributed by atoms with Crippen molar-refractivity contribution in [3.8, 4) is 5.75 Å². The molecule has 0 spiro atoms. The number of piperidine rings is 1. The Bertz CT molecular complexity index is 854.